The molecule has 4 aromatic carbocycles. The molecule has 0 aromatic heterocycles. The zero-order valence-electron chi connectivity index (χ0n) is 31.3. The van der Waals surface area contributed by atoms with Crippen LogP contribution in [-0.4, -0.2) is 128 Å². The van der Waals surface area contributed by atoms with Gasteiger partial charge in [-0.25, -0.2) is 0 Å². The Bertz CT molecular complexity index is 1900. The normalized spacial score (nSPS) is 19.4. The standard InChI is InChI=1S/C44H44N4O8/c49-41-29-5-1-9-33-37(29)43(51)38-30(41)6-2-10-34(38)46-17-25-55-27-19-48(20-28-56-26-18-46)36-12-4-8-32-40(36)44(52)39-31(42(32)50)7-3-11-35(39)47-15-23-53-21-13-45(33)14-22-54-24-16-47/h1-12H,13-28H2. The second kappa shape index (κ2) is 15.6. The minimum atomic E-state index is -0.187. The number of anilines is 4. The third kappa shape index (κ3) is 6.46. The summed E-state index contributed by atoms with van der Waals surface area (Å²) in [5.41, 5.74) is 5.81. The van der Waals surface area contributed by atoms with Gasteiger partial charge in [0.2, 0.25) is 0 Å². The quantitative estimate of drug-likeness (QED) is 0.220. The molecule has 6 heterocycles. The van der Waals surface area contributed by atoms with Gasteiger partial charge in [0.15, 0.2) is 23.1 Å². The molecule has 0 radical (unpaired) electrons. The van der Waals surface area contributed by atoms with E-state index in [1.807, 2.05) is 48.5 Å². The largest absolute Gasteiger partial charge is 0.378 e. The number of hydrogen-bond acceptors (Lipinski definition) is 12. The van der Waals surface area contributed by atoms with E-state index in [9.17, 15) is 19.2 Å². The van der Waals surface area contributed by atoms with Crippen LogP contribution in [0.15, 0.2) is 72.8 Å². The van der Waals surface area contributed by atoms with Gasteiger partial charge >= 0.3 is 0 Å². The summed E-state index contributed by atoms with van der Waals surface area (Å²) in [6, 6.07) is 21.9. The second-order valence-corrected chi connectivity index (χ2v) is 14.5. The van der Waals surface area contributed by atoms with E-state index in [0.29, 0.717) is 172 Å². The molecular formula is C44H44N4O8. The molecule has 0 spiro atoms. The lowest BCUT2D eigenvalue weighted by Gasteiger charge is -2.34. The lowest BCUT2D eigenvalue weighted by molar-refractivity contribution is 0.0977. The molecule has 0 saturated carbocycles. The number of carbonyl (C=O) groups excluding carboxylic acids is 4. The van der Waals surface area contributed by atoms with E-state index in [2.05, 4.69) is 19.6 Å². The molecule has 0 atom stereocenters. The van der Waals surface area contributed by atoms with Gasteiger partial charge in [-0.15, -0.1) is 0 Å². The van der Waals surface area contributed by atoms with E-state index < -0.39 is 0 Å². The van der Waals surface area contributed by atoms with E-state index in [1.54, 1.807) is 24.3 Å². The van der Waals surface area contributed by atoms with Gasteiger partial charge in [-0.3, -0.25) is 19.2 Å². The van der Waals surface area contributed by atoms with Crippen molar-refractivity contribution in [1.82, 2.24) is 0 Å². The Morgan fingerprint density at radius 3 is 0.732 bits per heavy atom. The molecule has 12 nitrogen and oxygen atoms in total. The van der Waals surface area contributed by atoms with Crippen molar-refractivity contribution in [2.45, 2.75) is 0 Å². The summed E-state index contributed by atoms with van der Waals surface area (Å²) >= 11 is 0. The first kappa shape index (κ1) is 36.3. The topological polar surface area (TPSA) is 118 Å². The molecule has 2 saturated heterocycles. The molecule has 56 heavy (non-hydrogen) atoms. The average Bonchev–Trinajstić information content (AvgIpc) is 3.21. The molecule has 2 fully saturated rings. The van der Waals surface area contributed by atoms with Crippen LogP contribution in [0.4, 0.5) is 22.7 Å². The Labute approximate surface area is 325 Å². The third-order valence-electron chi connectivity index (χ3n) is 11.5. The van der Waals surface area contributed by atoms with Gasteiger partial charge in [0.25, 0.3) is 0 Å². The highest BCUT2D eigenvalue weighted by Gasteiger charge is 2.38. The van der Waals surface area contributed by atoms with Gasteiger partial charge in [-0.2, -0.15) is 0 Å². The molecule has 12 rings (SSSR count). The van der Waals surface area contributed by atoms with E-state index in [0.717, 1.165) is 0 Å². The summed E-state index contributed by atoms with van der Waals surface area (Å²) in [5.74, 6) is -0.728. The Kier molecular flexibility index (Phi) is 10.1. The van der Waals surface area contributed by atoms with Crippen LogP contribution < -0.4 is 19.6 Å². The lowest BCUT2D eigenvalue weighted by Crippen LogP contribution is -2.39. The molecule has 12 heteroatoms. The fraction of sp³-hybridized carbons (Fsp3) is 0.364. The van der Waals surface area contributed by atoms with Crippen LogP contribution in [-0.2, 0) is 18.9 Å². The maximum atomic E-state index is 14.8. The molecule has 0 amide bonds. The van der Waals surface area contributed by atoms with E-state index >= 15 is 0 Å². The SMILES string of the molecule is O=C1c2cccc3c2C(=O)c2c1cccc2N1CCOCCN(CCOCC1)c1cccc2c1C(=O)c1c(cccc1N1CCOCCN3CCOCC1)C2=O. The molecule has 288 valence electrons. The van der Waals surface area contributed by atoms with Crippen molar-refractivity contribution >= 4 is 45.9 Å². The molecule has 8 aliphatic rings. The maximum Gasteiger partial charge on any atom is 0.198 e. The summed E-state index contributed by atoms with van der Waals surface area (Å²) in [5, 5.41) is 0. The van der Waals surface area contributed by atoms with Crippen molar-refractivity contribution in [3.8, 4) is 0 Å². The second-order valence-electron chi connectivity index (χ2n) is 14.5. The number of ether oxygens (including phenoxy) is 4. The number of rotatable bonds is 0. The van der Waals surface area contributed by atoms with Crippen LogP contribution in [0.25, 0.3) is 0 Å². The monoisotopic (exact) mass is 756 g/mol. The predicted octanol–water partition coefficient (Wildman–Crippen LogP) is 4.27. The molecule has 8 bridgehead atoms. The Hall–Kier alpha value is -5.40. The molecule has 4 aromatic rings. The first-order valence-electron chi connectivity index (χ1n) is 19.5. The summed E-state index contributed by atoms with van der Waals surface area (Å²) < 4.78 is 25.0. The van der Waals surface area contributed by atoms with Crippen molar-refractivity contribution in [3.63, 3.8) is 0 Å². The Morgan fingerprint density at radius 1 is 0.304 bits per heavy atom. The zero-order chi connectivity index (χ0) is 38.2. The van der Waals surface area contributed by atoms with Gasteiger partial charge in [-0.1, -0.05) is 48.5 Å². The molecule has 0 unspecified atom stereocenters. The maximum absolute atomic E-state index is 14.8. The average molecular weight is 757 g/mol. The molecule has 6 aliphatic heterocycles. The number of hydrogen-bond donors (Lipinski definition) is 0. The summed E-state index contributed by atoms with van der Waals surface area (Å²) in [4.78, 5) is 66.3. The zero-order valence-corrected chi connectivity index (χ0v) is 31.3. The number of benzene rings is 4. The first-order chi connectivity index (χ1) is 27.5. The third-order valence-corrected chi connectivity index (χ3v) is 11.5. The number of nitrogens with zero attached hydrogens (tertiary/aromatic N) is 4. The fourth-order valence-electron chi connectivity index (χ4n) is 8.68. The summed E-state index contributed by atoms with van der Waals surface area (Å²) in [6.45, 7) is 6.50. The van der Waals surface area contributed by atoms with Crippen molar-refractivity contribution in [1.29, 1.82) is 0 Å². The number of ketones is 4. The van der Waals surface area contributed by atoms with Crippen LogP contribution in [0.5, 0.6) is 0 Å². The van der Waals surface area contributed by atoms with Crippen molar-refractivity contribution < 1.29 is 38.1 Å². The molecule has 0 N–H and O–H groups in total. The predicted molar refractivity (Wildman–Crippen MR) is 212 cm³/mol. The molecule has 2 aliphatic carbocycles. The highest BCUT2D eigenvalue weighted by Crippen LogP contribution is 2.40. The van der Waals surface area contributed by atoms with Gasteiger partial charge in [0, 0.05) is 97.4 Å². The Balaban J connectivity index is 1.15. The van der Waals surface area contributed by atoms with Crippen molar-refractivity contribution in [3.05, 3.63) is 117 Å². The summed E-state index contributed by atoms with van der Waals surface area (Å²) in [7, 11) is 0. The van der Waals surface area contributed by atoms with Crippen LogP contribution in [0.2, 0.25) is 0 Å². The van der Waals surface area contributed by atoms with Crippen LogP contribution in [0.3, 0.4) is 0 Å². The van der Waals surface area contributed by atoms with Crippen LogP contribution in [0, 0.1) is 0 Å². The highest BCUT2D eigenvalue weighted by molar-refractivity contribution is 6.33. The van der Waals surface area contributed by atoms with E-state index in [1.165, 1.54) is 0 Å². The van der Waals surface area contributed by atoms with Gasteiger partial charge in [-0.05, 0) is 24.3 Å². The van der Waals surface area contributed by atoms with Gasteiger partial charge in [0.05, 0.1) is 75.1 Å². The van der Waals surface area contributed by atoms with E-state index in [4.69, 9.17) is 18.9 Å². The Morgan fingerprint density at radius 2 is 0.518 bits per heavy atom. The van der Waals surface area contributed by atoms with E-state index in [-0.39, 0.29) is 23.1 Å². The minimum Gasteiger partial charge on any atom is -0.378 e. The highest BCUT2D eigenvalue weighted by atomic mass is 16.5. The van der Waals surface area contributed by atoms with Crippen molar-refractivity contribution in [2.75, 3.05) is 125 Å². The first-order valence-corrected chi connectivity index (χ1v) is 19.5. The molecular weight excluding hydrogens is 713 g/mol. The van der Waals surface area contributed by atoms with Crippen LogP contribution in [0.1, 0.15) is 63.7 Å². The minimum absolute atomic E-state index is 0.177. The smallest absolute Gasteiger partial charge is 0.198 e. The van der Waals surface area contributed by atoms with Gasteiger partial charge < -0.3 is 38.5 Å². The van der Waals surface area contributed by atoms with Crippen molar-refractivity contribution in [2.24, 2.45) is 0 Å². The summed E-state index contributed by atoms with van der Waals surface area (Å²) in [6.07, 6.45) is 0. The van der Waals surface area contributed by atoms with Gasteiger partial charge in [0.1, 0.15) is 0 Å². The van der Waals surface area contributed by atoms with Crippen LogP contribution >= 0.6 is 0 Å². The fourth-order valence-corrected chi connectivity index (χ4v) is 8.68. The number of carbonyl (C=O) groups is 4. The lowest BCUT2D eigenvalue weighted by atomic mass is 9.82.